The second-order valence-corrected chi connectivity index (χ2v) is 23.6. The molecule has 0 aliphatic carbocycles. The van der Waals surface area contributed by atoms with Crippen LogP contribution in [0.2, 0.25) is 0 Å². The minimum Gasteiger partial charge on any atom is -0.394 e. The van der Waals surface area contributed by atoms with Crippen molar-refractivity contribution >= 4 is 5.91 Å². The molecule has 0 saturated carbocycles. The minimum absolute atomic E-state index is 0.0533. The Labute approximate surface area is 454 Å². The average molecular weight is 1010 g/mol. The maximum absolute atomic E-state index is 12.5. The number of aliphatic hydroxyl groups excluding tert-OH is 2. The third kappa shape index (κ3) is 60.0. The number of hydrogen-bond acceptors (Lipinski definition) is 3. The van der Waals surface area contributed by atoms with Crippen molar-refractivity contribution in [2.24, 2.45) is 0 Å². The normalized spacial score (nSPS) is 12.7. The predicted octanol–water partition coefficient (Wildman–Crippen LogP) is 22.8. The van der Waals surface area contributed by atoms with Gasteiger partial charge in [0.15, 0.2) is 0 Å². The van der Waals surface area contributed by atoms with Gasteiger partial charge in [0.1, 0.15) is 0 Å². The highest BCUT2D eigenvalue weighted by atomic mass is 16.3. The average Bonchev–Trinajstić information content (AvgIpc) is 3.39. The molecule has 0 aromatic rings. The first-order valence-corrected chi connectivity index (χ1v) is 33.9. The summed E-state index contributed by atoms with van der Waals surface area (Å²) in [6.45, 7) is 4.37. The van der Waals surface area contributed by atoms with E-state index in [2.05, 4.69) is 19.2 Å². The molecule has 0 fully saturated rings. The van der Waals surface area contributed by atoms with Crippen molar-refractivity contribution in [3.05, 3.63) is 12.2 Å². The first kappa shape index (κ1) is 71.1. The highest BCUT2D eigenvalue weighted by Crippen LogP contribution is 2.19. The zero-order valence-electron chi connectivity index (χ0n) is 49.7. The zero-order chi connectivity index (χ0) is 52.0. The van der Waals surface area contributed by atoms with E-state index in [9.17, 15) is 15.0 Å². The van der Waals surface area contributed by atoms with Gasteiger partial charge in [0.05, 0.1) is 18.8 Å². The Hall–Kier alpha value is -0.870. The monoisotopic (exact) mass is 1010 g/mol. The summed E-state index contributed by atoms with van der Waals surface area (Å²) in [4.78, 5) is 12.5. The summed E-state index contributed by atoms with van der Waals surface area (Å²) in [5, 5.41) is 23.3. The minimum atomic E-state index is -0.837. The molecule has 0 spiro atoms. The molecule has 0 aliphatic rings. The lowest BCUT2D eigenvalue weighted by Crippen LogP contribution is -2.45. The number of carbonyl (C=O) groups is 1. The van der Waals surface area contributed by atoms with Crippen LogP contribution in [0.15, 0.2) is 12.2 Å². The van der Waals surface area contributed by atoms with Crippen molar-refractivity contribution < 1.29 is 15.0 Å². The van der Waals surface area contributed by atoms with Crippen LogP contribution in [-0.4, -0.2) is 34.9 Å². The predicted molar refractivity (Wildman–Crippen MR) is 323 cm³/mol. The lowest BCUT2D eigenvalue weighted by Gasteiger charge is -2.20. The van der Waals surface area contributed by atoms with Crippen molar-refractivity contribution in [1.82, 2.24) is 5.32 Å². The van der Waals surface area contributed by atoms with Gasteiger partial charge in [-0.05, 0) is 19.3 Å². The molecule has 2 unspecified atom stereocenters. The third-order valence-corrected chi connectivity index (χ3v) is 16.3. The summed E-state index contributed by atoms with van der Waals surface area (Å²) in [5.74, 6) is -0.0533. The molecular weight excluding hydrogens is 879 g/mol. The molecule has 0 aliphatic heterocycles. The van der Waals surface area contributed by atoms with Crippen molar-refractivity contribution in [3.8, 4) is 0 Å². The van der Waals surface area contributed by atoms with E-state index in [1.807, 2.05) is 6.08 Å². The van der Waals surface area contributed by atoms with E-state index in [1.165, 1.54) is 353 Å². The quantitative estimate of drug-likeness (QED) is 0.0420. The Morgan fingerprint density at radius 3 is 0.722 bits per heavy atom. The van der Waals surface area contributed by atoms with Gasteiger partial charge in [0, 0.05) is 6.42 Å². The number of aliphatic hydroxyl groups is 2. The zero-order valence-corrected chi connectivity index (χ0v) is 49.7. The van der Waals surface area contributed by atoms with Gasteiger partial charge >= 0.3 is 0 Å². The van der Waals surface area contributed by atoms with Crippen LogP contribution in [0.4, 0.5) is 0 Å². The molecule has 3 N–H and O–H groups in total. The lowest BCUT2D eigenvalue weighted by molar-refractivity contribution is -0.123. The molecule has 0 radical (unpaired) electrons. The van der Waals surface area contributed by atoms with Gasteiger partial charge in [-0.15, -0.1) is 0 Å². The Balaban J connectivity index is 3.40. The van der Waals surface area contributed by atoms with E-state index in [0.717, 1.165) is 25.7 Å². The van der Waals surface area contributed by atoms with Crippen LogP contribution in [0.5, 0.6) is 0 Å². The molecule has 0 aromatic heterocycles. The number of allylic oxidation sites excluding steroid dienone is 1. The summed E-state index contributed by atoms with van der Waals surface area (Å²) in [7, 11) is 0. The first-order valence-electron chi connectivity index (χ1n) is 33.9. The van der Waals surface area contributed by atoms with Crippen LogP contribution in [0.1, 0.15) is 399 Å². The van der Waals surface area contributed by atoms with E-state index in [-0.39, 0.29) is 12.5 Å². The summed E-state index contributed by atoms with van der Waals surface area (Å²) in [5.41, 5.74) is 0. The van der Waals surface area contributed by atoms with Crippen molar-refractivity contribution in [1.29, 1.82) is 0 Å². The molecule has 4 heteroatoms. The fourth-order valence-electron chi connectivity index (χ4n) is 11.1. The molecular formula is C68H135NO3. The van der Waals surface area contributed by atoms with Crippen LogP contribution >= 0.6 is 0 Å². The second-order valence-electron chi connectivity index (χ2n) is 23.6. The van der Waals surface area contributed by atoms with Crippen LogP contribution < -0.4 is 5.32 Å². The lowest BCUT2D eigenvalue weighted by atomic mass is 10.0. The van der Waals surface area contributed by atoms with Crippen molar-refractivity contribution in [2.45, 2.75) is 411 Å². The summed E-state index contributed by atoms with van der Waals surface area (Å²) < 4.78 is 0. The van der Waals surface area contributed by atoms with Gasteiger partial charge in [0.25, 0.3) is 0 Å². The molecule has 72 heavy (non-hydrogen) atoms. The Morgan fingerprint density at radius 1 is 0.319 bits per heavy atom. The number of carbonyl (C=O) groups excluding carboxylic acids is 1. The molecule has 1 amide bonds. The van der Waals surface area contributed by atoms with Gasteiger partial charge in [-0.25, -0.2) is 0 Å². The van der Waals surface area contributed by atoms with Crippen LogP contribution in [0, 0.1) is 0 Å². The highest BCUT2D eigenvalue weighted by molar-refractivity contribution is 5.76. The molecule has 430 valence electrons. The number of nitrogens with one attached hydrogen (secondary N) is 1. The molecule has 0 saturated heterocycles. The van der Waals surface area contributed by atoms with Crippen molar-refractivity contribution in [2.75, 3.05) is 6.61 Å². The largest absolute Gasteiger partial charge is 0.394 e. The van der Waals surface area contributed by atoms with Gasteiger partial charge in [0.2, 0.25) is 5.91 Å². The molecule has 0 heterocycles. The third-order valence-electron chi connectivity index (χ3n) is 16.3. The van der Waals surface area contributed by atoms with Crippen LogP contribution in [0.25, 0.3) is 0 Å². The molecule has 4 nitrogen and oxygen atoms in total. The Morgan fingerprint density at radius 2 is 0.514 bits per heavy atom. The summed E-state index contributed by atoms with van der Waals surface area (Å²) >= 11 is 0. The maximum Gasteiger partial charge on any atom is 0.220 e. The molecule has 2 atom stereocenters. The summed E-state index contributed by atoms with van der Waals surface area (Å²) in [6, 6.07) is -0.619. The van der Waals surface area contributed by atoms with Crippen LogP contribution in [-0.2, 0) is 4.79 Å². The fraction of sp³-hybridized carbons (Fsp3) is 0.956. The Kier molecular flexibility index (Phi) is 63.6. The van der Waals surface area contributed by atoms with E-state index in [4.69, 9.17) is 0 Å². The maximum atomic E-state index is 12.5. The number of unbranched alkanes of at least 4 members (excludes halogenated alkanes) is 57. The Bertz CT molecular complexity index is 1010. The second kappa shape index (κ2) is 64.4. The standard InChI is InChI=1S/C68H135NO3/c1-3-5-7-9-11-13-15-17-19-21-23-25-27-29-31-33-34-35-36-38-40-42-44-46-48-50-52-54-56-58-60-62-64-68(72)69-66(65-70)67(71)63-61-59-57-55-53-51-49-47-45-43-41-39-37-32-30-28-26-24-22-20-18-16-14-12-10-8-6-4-2/h61,63,66-67,70-71H,3-60,62,64-65H2,1-2H3,(H,69,72)/b63-61+. The number of hydrogen-bond donors (Lipinski definition) is 3. The fourth-order valence-corrected chi connectivity index (χ4v) is 11.1. The van der Waals surface area contributed by atoms with Gasteiger partial charge in [-0.1, -0.05) is 386 Å². The molecule has 0 aromatic carbocycles. The van der Waals surface area contributed by atoms with Gasteiger partial charge < -0.3 is 15.5 Å². The van der Waals surface area contributed by atoms with E-state index in [0.29, 0.717) is 6.42 Å². The SMILES string of the molecule is CCCCCCCCCCCCCCCCCCCCCCCCCCCC/C=C/C(O)C(CO)NC(=O)CCCCCCCCCCCCCCCCCCCCCCCCCCCCCCCCCC. The van der Waals surface area contributed by atoms with E-state index < -0.39 is 12.1 Å². The molecule has 0 bridgehead atoms. The highest BCUT2D eigenvalue weighted by Gasteiger charge is 2.18. The number of amides is 1. The smallest absolute Gasteiger partial charge is 0.220 e. The van der Waals surface area contributed by atoms with Crippen LogP contribution in [0.3, 0.4) is 0 Å². The molecule has 0 rings (SSSR count). The topological polar surface area (TPSA) is 69.6 Å². The number of rotatable bonds is 64. The van der Waals surface area contributed by atoms with E-state index >= 15 is 0 Å². The van der Waals surface area contributed by atoms with Gasteiger partial charge in [-0.2, -0.15) is 0 Å². The summed E-state index contributed by atoms with van der Waals surface area (Å²) in [6.07, 6.45) is 85.8. The first-order chi connectivity index (χ1) is 35.7. The van der Waals surface area contributed by atoms with Crippen molar-refractivity contribution in [3.63, 3.8) is 0 Å². The van der Waals surface area contributed by atoms with E-state index in [1.54, 1.807) is 6.08 Å². The van der Waals surface area contributed by atoms with Gasteiger partial charge in [-0.3, -0.25) is 4.79 Å².